The van der Waals surface area contributed by atoms with Crippen LogP contribution in [0.3, 0.4) is 0 Å². The van der Waals surface area contributed by atoms with Crippen LogP contribution in [0.25, 0.3) is 0 Å². The quantitative estimate of drug-likeness (QED) is 0.695. The first kappa shape index (κ1) is 20.7. The van der Waals surface area contributed by atoms with Crippen molar-refractivity contribution < 1.29 is 28.9 Å². The smallest absolute Gasteiger partial charge is 0.419 e. The molecule has 0 saturated carbocycles. The van der Waals surface area contributed by atoms with Crippen molar-refractivity contribution in [2.45, 2.75) is 59.2 Å². The molecule has 2 amide bonds. The zero-order chi connectivity index (χ0) is 17.4. The average molecular weight is 318 g/mol. The van der Waals surface area contributed by atoms with E-state index in [2.05, 4.69) is 0 Å². The lowest BCUT2D eigenvalue weighted by Crippen LogP contribution is -2.44. The third kappa shape index (κ3) is 10.4. The van der Waals surface area contributed by atoms with Gasteiger partial charge in [0.15, 0.2) is 0 Å². The molecule has 0 radical (unpaired) electrons. The van der Waals surface area contributed by atoms with Crippen molar-refractivity contribution in [1.82, 2.24) is 4.90 Å². The maximum atomic E-state index is 12.1. The topological polar surface area (TPSA) is 88.1 Å². The summed E-state index contributed by atoms with van der Waals surface area (Å²) in [5.41, 5.74) is -1.42. The van der Waals surface area contributed by atoms with E-state index in [9.17, 15) is 14.7 Å². The van der Waals surface area contributed by atoms with Crippen molar-refractivity contribution in [1.29, 1.82) is 0 Å². The molecule has 0 N–H and O–H groups in total. The van der Waals surface area contributed by atoms with Crippen molar-refractivity contribution >= 4 is 12.2 Å². The summed E-state index contributed by atoms with van der Waals surface area (Å²) in [4.78, 5) is 25.1. The highest BCUT2D eigenvalue weighted by atomic mass is 16.6. The van der Waals surface area contributed by atoms with E-state index < -0.39 is 23.4 Å². The minimum Gasteiger partial charge on any atom is -0.853 e. The molecule has 0 fully saturated rings. The molecule has 0 aromatic heterocycles. The Morgan fingerprint density at radius 3 is 1.73 bits per heavy atom. The van der Waals surface area contributed by atoms with Gasteiger partial charge in [-0.15, -0.1) is 6.61 Å². The van der Waals surface area contributed by atoms with Crippen molar-refractivity contribution in [2.75, 3.05) is 26.4 Å². The normalized spacial score (nSPS) is 12.0. The summed E-state index contributed by atoms with van der Waals surface area (Å²) in [5.74, 6) is 0. The molecule has 0 aliphatic carbocycles. The van der Waals surface area contributed by atoms with Crippen molar-refractivity contribution in [3.63, 3.8) is 0 Å². The highest BCUT2D eigenvalue weighted by molar-refractivity contribution is 5.88. The first-order valence-corrected chi connectivity index (χ1v) is 7.35. The van der Waals surface area contributed by atoms with E-state index in [1.165, 1.54) is 0 Å². The Labute approximate surface area is 132 Å². The summed E-state index contributed by atoms with van der Waals surface area (Å²) in [6.45, 7) is 10.5. The van der Waals surface area contributed by atoms with Gasteiger partial charge in [0.1, 0.15) is 11.2 Å². The number of rotatable bonds is 6. The number of carbonyl (C=O) groups excluding carboxylic acids is 2. The van der Waals surface area contributed by atoms with Gasteiger partial charge in [-0.25, -0.2) is 14.5 Å². The lowest BCUT2D eigenvalue weighted by molar-refractivity contribution is -0.374. The summed E-state index contributed by atoms with van der Waals surface area (Å²) in [7, 11) is 0. The average Bonchev–Trinajstić information content (AvgIpc) is 2.28. The zero-order valence-corrected chi connectivity index (χ0v) is 14.4. The molecule has 0 aliphatic rings. The van der Waals surface area contributed by atoms with Gasteiger partial charge < -0.3 is 19.3 Å². The largest absolute Gasteiger partial charge is 0.853 e. The third-order valence-corrected chi connectivity index (χ3v) is 2.13. The summed E-state index contributed by atoms with van der Waals surface area (Å²) < 4.78 is 15.5. The van der Waals surface area contributed by atoms with Crippen LogP contribution in [0.5, 0.6) is 0 Å². The molecular formula is C15H28NO6-. The first-order valence-electron chi connectivity index (χ1n) is 7.35. The summed E-state index contributed by atoms with van der Waals surface area (Å²) in [6.07, 6.45) is -1.12. The van der Waals surface area contributed by atoms with Crippen molar-refractivity contribution in [2.24, 2.45) is 0 Å². The van der Waals surface area contributed by atoms with E-state index in [-0.39, 0.29) is 26.4 Å². The van der Waals surface area contributed by atoms with E-state index in [4.69, 9.17) is 14.2 Å². The van der Waals surface area contributed by atoms with E-state index in [0.29, 0.717) is 6.42 Å². The van der Waals surface area contributed by atoms with E-state index >= 15 is 0 Å². The van der Waals surface area contributed by atoms with Gasteiger partial charge in [0.2, 0.25) is 0 Å². The fraction of sp³-hybridized carbons (Fsp3) is 0.867. The molecule has 130 valence electrons. The molecule has 0 aromatic rings. The Bertz CT molecular complexity index is 328. The van der Waals surface area contributed by atoms with E-state index in [1.54, 1.807) is 41.5 Å². The highest BCUT2D eigenvalue weighted by Crippen LogP contribution is 2.14. The van der Waals surface area contributed by atoms with Gasteiger partial charge >= 0.3 is 12.2 Å². The Balaban J connectivity index is 4.69. The molecular weight excluding hydrogens is 290 g/mol. The lowest BCUT2D eigenvalue weighted by Gasteiger charge is -2.28. The standard InChI is InChI=1S/C15H28NO6/c1-14(2,3)21-12(18)16(8-7-10-20-11-9-17)13(19)22-15(4,5)6/h7-11H2,1-6H3/q-1. The van der Waals surface area contributed by atoms with Crippen LogP contribution >= 0.6 is 0 Å². The van der Waals surface area contributed by atoms with Gasteiger partial charge in [0, 0.05) is 19.8 Å². The first-order chi connectivity index (χ1) is 9.96. The molecule has 0 saturated heterocycles. The number of hydrogen-bond acceptors (Lipinski definition) is 6. The molecule has 0 bridgehead atoms. The SMILES string of the molecule is CC(C)(C)OC(=O)N(CCCOCC[O-])C(=O)OC(C)(C)C. The Kier molecular flexibility index (Phi) is 8.40. The van der Waals surface area contributed by atoms with Crippen LogP contribution in [-0.2, 0) is 14.2 Å². The van der Waals surface area contributed by atoms with Crippen LogP contribution in [0.15, 0.2) is 0 Å². The highest BCUT2D eigenvalue weighted by Gasteiger charge is 2.30. The van der Waals surface area contributed by atoms with Gasteiger partial charge in [-0.3, -0.25) is 0 Å². The van der Waals surface area contributed by atoms with Crippen molar-refractivity contribution in [3.8, 4) is 0 Å². The Hall–Kier alpha value is -1.34. The maximum absolute atomic E-state index is 12.1. The predicted octanol–water partition coefficient (Wildman–Crippen LogP) is 1.93. The molecule has 0 atom stereocenters. The van der Waals surface area contributed by atoms with Gasteiger partial charge in [-0.05, 0) is 48.0 Å². The molecule has 0 unspecified atom stereocenters. The summed E-state index contributed by atoms with van der Waals surface area (Å²) in [6, 6.07) is 0. The van der Waals surface area contributed by atoms with Crippen LogP contribution < -0.4 is 5.11 Å². The third-order valence-electron chi connectivity index (χ3n) is 2.13. The predicted molar refractivity (Wildman–Crippen MR) is 79.5 cm³/mol. The summed E-state index contributed by atoms with van der Waals surface area (Å²) >= 11 is 0. The minimum absolute atomic E-state index is 0.0999. The molecule has 22 heavy (non-hydrogen) atoms. The van der Waals surface area contributed by atoms with Crippen LogP contribution in [0.1, 0.15) is 48.0 Å². The van der Waals surface area contributed by atoms with Crippen LogP contribution in [0.4, 0.5) is 9.59 Å². The molecule has 0 aromatic carbocycles. The minimum atomic E-state index is -0.759. The van der Waals surface area contributed by atoms with Gasteiger partial charge in [-0.1, -0.05) is 0 Å². The molecule has 0 aliphatic heterocycles. The maximum Gasteiger partial charge on any atom is 0.419 e. The fourth-order valence-corrected chi connectivity index (χ4v) is 1.38. The van der Waals surface area contributed by atoms with Gasteiger partial charge in [-0.2, -0.15) is 0 Å². The number of imide groups is 1. The lowest BCUT2D eigenvalue weighted by atomic mass is 10.2. The van der Waals surface area contributed by atoms with Crippen LogP contribution in [-0.4, -0.2) is 54.7 Å². The van der Waals surface area contributed by atoms with Crippen LogP contribution in [0.2, 0.25) is 0 Å². The number of amides is 2. The molecule has 7 heteroatoms. The van der Waals surface area contributed by atoms with Crippen LogP contribution in [0, 0.1) is 0 Å². The second-order valence-electron chi connectivity index (χ2n) is 6.78. The number of nitrogens with zero attached hydrogens (tertiary/aromatic N) is 1. The fourth-order valence-electron chi connectivity index (χ4n) is 1.38. The summed E-state index contributed by atoms with van der Waals surface area (Å²) in [5, 5.41) is 10.3. The molecule has 7 nitrogen and oxygen atoms in total. The molecule has 0 rings (SSSR count). The molecule has 0 heterocycles. The Morgan fingerprint density at radius 1 is 0.909 bits per heavy atom. The van der Waals surface area contributed by atoms with Gasteiger partial charge in [0.25, 0.3) is 0 Å². The van der Waals surface area contributed by atoms with E-state index in [0.717, 1.165) is 4.90 Å². The monoisotopic (exact) mass is 318 g/mol. The second kappa shape index (κ2) is 8.95. The molecule has 0 spiro atoms. The Morgan fingerprint density at radius 2 is 1.36 bits per heavy atom. The number of hydrogen-bond donors (Lipinski definition) is 0. The van der Waals surface area contributed by atoms with E-state index in [1.807, 2.05) is 0 Å². The second-order valence-corrected chi connectivity index (χ2v) is 6.78. The zero-order valence-electron chi connectivity index (χ0n) is 14.4. The number of ether oxygens (including phenoxy) is 3. The van der Waals surface area contributed by atoms with Gasteiger partial charge in [0.05, 0.1) is 0 Å². The van der Waals surface area contributed by atoms with Crippen molar-refractivity contribution in [3.05, 3.63) is 0 Å². The number of carbonyl (C=O) groups is 2.